The van der Waals surface area contributed by atoms with Gasteiger partial charge in [-0.15, -0.1) is 0 Å². The Bertz CT molecular complexity index is 567. The molecule has 0 aliphatic carbocycles. The zero-order chi connectivity index (χ0) is 19.0. The van der Waals surface area contributed by atoms with Gasteiger partial charge in [0.05, 0.1) is 11.3 Å². The Balaban J connectivity index is 2.63. The lowest BCUT2D eigenvalue weighted by Gasteiger charge is -2.42. The Labute approximate surface area is 153 Å². The first-order valence-electron chi connectivity index (χ1n) is 8.98. The van der Waals surface area contributed by atoms with Gasteiger partial charge in [0.25, 0.3) is 8.32 Å². The van der Waals surface area contributed by atoms with E-state index in [1.165, 1.54) is 0 Å². The zero-order valence-corrected chi connectivity index (χ0v) is 17.4. The summed E-state index contributed by atoms with van der Waals surface area (Å²) in [5, 5.41) is 0. The highest BCUT2D eigenvalue weighted by Gasteiger charge is 2.46. The topological polar surface area (TPSA) is 35.5 Å². The van der Waals surface area contributed by atoms with Gasteiger partial charge in [0.1, 0.15) is 6.61 Å². The lowest BCUT2D eigenvalue weighted by atomic mass is 10.2. The molecule has 1 aromatic rings. The lowest BCUT2D eigenvalue weighted by Crippen LogP contribution is -2.47. The van der Waals surface area contributed by atoms with Crippen LogP contribution in [-0.4, -0.2) is 20.9 Å². The van der Waals surface area contributed by atoms with Crippen LogP contribution in [0.15, 0.2) is 54.8 Å². The van der Waals surface area contributed by atoms with Gasteiger partial charge in [-0.1, -0.05) is 66.3 Å². The van der Waals surface area contributed by atoms with Crippen LogP contribution in [0.1, 0.15) is 51.9 Å². The summed E-state index contributed by atoms with van der Waals surface area (Å²) in [5.41, 5.74) is 2.03. The Morgan fingerprint density at radius 3 is 2.04 bits per heavy atom. The molecule has 0 saturated carbocycles. The van der Waals surface area contributed by atoms with E-state index in [0.717, 1.165) is 0 Å². The molecule has 3 nitrogen and oxygen atoms in total. The van der Waals surface area contributed by atoms with Gasteiger partial charge in [-0.3, -0.25) is 0 Å². The molecular weight excluding hydrogens is 328 g/mol. The van der Waals surface area contributed by atoms with Crippen LogP contribution in [0.25, 0.3) is 0 Å². The number of carbonyl (C=O) groups excluding carboxylic acids is 1. The van der Waals surface area contributed by atoms with Gasteiger partial charge in [0, 0.05) is 0 Å². The van der Waals surface area contributed by atoms with Crippen molar-refractivity contribution in [2.75, 3.05) is 6.61 Å². The predicted molar refractivity (Wildman–Crippen MR) is 107 cm³/mol. The lowest BCUT2D eigenvalue weighted by molar-refractivity contribution is 0.0549. The fraction of sp³-hybridized carbons (Fsp3) is 0.476. The fourth-order valence-corrected chi connectivity index (χ4v) is 8.80. The van der Waals surface area contributed by atoms with E-state index in [4.69, 9.17) is 9.16 Å². The number of ether oxygens (including phenoxy) is 1. The van der Waals surface area contributed by atoms with E-state index < -0.39 is 8.32 Å². The van der Waals surface area contributed by atoms with Gasteiger partial charge >= 0.3 is 5.97 Å². The Hall–Kier alpha value is -1.81. The molecular formula is C21H32O3Si. The minimum absolute atomic E-state index is 0.204. The molecule has 4 heteroatoms. The molecule has 0 N–H and O–H groups in total. The maximum atomic E-state index is 11.9. The van der Waals surface area contributed by atoms with Gasteiger partial charge < -0.3 is 9.16 Å². The molecule has 0 aromatic heterocycles. The van der Waals surface area contributed by atoms with Crippen molar-refractivity contribution in [3.63, 3.8) is 0 Å². The van der Waals surface area contributed by atoms with Crippen molar-refractivity contribution in [3.8, 4) is 0 Å². The van der Waals surface area contributed by atoms with Crippen molar-refractivity contribution in [1.29, 1.82) is 0 Å². The van der Waals surface area contributed by atoms with Crippen LogP contribution in [0.4, 0.5) is 0 Å². The van der Waals surface area contributed by atoms with E-state index in [1.54, 1.807) is 18.2 Å². The average molecular weight is 361 g/mol. The molecule has 1 rings (SSSR count). The summed E-state index contributed by atoms with van der Waals surface area (Å²) in [7, 11) is -1.98. The third-order valence-corrected chi connectivity index (χ3v) is 10.7. The maximum absolute atomic E-state index is 11.9. The summed E-state index contributed by atoms with van der Waals surface area (Å²) in [6.07, 6.45) is 3.59. The molecule has 0 atom stereocenters. The summed E-state index contributed by atoms with van der Waals surface area (Å²) in [6, 6.07) is 8.97. The zero-order valence-electron chi connectivity index (χ0n) is 16.4. The Morgan fingerprint density at radius 2 is 1.56 bits per heavy atom. The van der Waals surface area contributed by atoms with Gasteiger partial charge in [-0.25, -0.2) is 4.79 Å². The summed E-state index contributed by atoms with van der Waals surface area (Å²) < 4.78 is 11.7. The summed E-state index contributed by atoms with van der Waals surface area (Å²) in [6.45, 7) is 17.7. The second-order valence-corrected chi connectivity index (χ2v) is 12.6. The Morgan fingerprint density at radius 1 is 1.04 bits per heavy atom. The van der Waals surface area contributed by atoms with E-state index in [1.807, 2.05) is 24.3 Å². The van der Waals surface area contributed by atoms with Crippen LogP contribution in [0, 0.1) is 0 Å². The standard InChI is InChI=1S/C21H32O3Si/c1-16(2)25(17(3)4,18(5)6)24-19(7)12-11-15-23-21(22)20-13-9-8-10-14-20/h8-14,16-18H,7,15H2,1-6H3/b12-11+. The number of hydrogen-bond donors (Lipinski definition) is 0. The van der Waals surface area contributed by atoms with Gasteiger partial charge in [0.15, 0.2) is 0 Å². The van der Waals surface area contributed by atoms with Gasteiger partial charge in [-0.2, -0.15) is 0 Å². The third-order valence-electron chi connectivity index (χ3n) is 4.64. The number of esters is 1. The molecule has 0 unspecified atom stereocenters. The third kappa shape index (κ3) is 5.60. The molecule has 0 heterocycles. The van der Waals surface area contributed by atoms with Crippen LogP contribution in [-0.2, 0) is 9.16 Å². The molecule has 0 amide bonds. The molecule has 0 fully saturated rings. The predicted octanol–water partition coefficient (Wildman–Crippen LogP) is 6.11. The number of benzene rings is 1. The highest BCUT2D eigenvalue weighted by molar-refractivity contribution is 6.77. The van der Waals surface area contributed by atoms with Crippen molar-refractivity contribution >= 4 is 14.3 Å². The van der Waals surface area contributed by atoms with Crippen LogP contribution in [0.5, 0.6) is 0 Å². The Kier molecular flexibility index (Phi) is 8.16. The summed E-state index contributed by atoms with van der Waals surface area (Å²) >= 11 is 0. The van der Waals surface area contributed by atoms with Crippen LogP contribution in [0.3, 0.4) is 0 Å². The minimum atomic E-state index is -1.98. The van der Waals surface area contributed by atoms with Gasteiger partial charge in [0.2, 0.25) is 0 Å². The summed E-state index contributed by atoms with van der Waals surface area (Å²) in [4.78, 5) is 11.9. The molecule has 1 aromatic carbocycles. The van der Waals surface area contributed by atoms with E-state index in [2.05, 4.69) is 48.1 Å². The molecule has 0 aliphatic rings. The van der Waals surface area contributed by atoms with E-state index in [9.17, 15) is 4.79 Å². The first-order valence-corrected chi connectivity index (χ1v) is 11.1. The smallest absolute Gasteiger partial charge is 0.338 e. The number of carbonyl (C=O) groups is 1. The van der Waals surface area contributed by atoms with Gasteiger partial charge in [-0.05, 0) is 40.9 Å². The molecule has 0 spiro atoms. The van der Waals surface area contributed by atoms with Crippen molar-refractivity contribution in [1.82, 2.24) is 0 Å². The minimum Gasteiger partial charge on any atom is -0.543 e. The van der Waals surface area contributed by atoms with Crippen molar-refractivity contribution in [2.45, 2.75) is 58.2 Å². The maximum Gasteiger partial charge on any atom is 0.338 e. The number of hydrogen-bond acceptors (Lipinski definition) is 3. The van der Waals surface area contributed by atoms with E-state index in [-0.39, 0.29) is 12.6 Å². The number of allylic oxidation sites excluding steroid dienone is 1. The molecule has 0 aliphatic heterocycles. The van der Waals surface area contributed by atoms with Crippen LogP contribution in [0.2, 0.25) is 16.6 Å². The molecule has 0 radical (unpaired) electrons. The normalized spacial score (nSPS) is 12.2. The van der Waals surface area contributed by atoms with E-state index in [0.29, 0.717) is 27.9 Å². The van der Waals surface area contributed by atoms with Crippen LogP contribution >= 0.6 is 0 Å². The average Bonchev–Trinajstić information content (AvgIpc) is 2.56. The molecule has 0 bridgehead atoms. The number of rotatable bonds is 9. The van der Waals surface area contributed by atoms with Crippen molar-refractivity contribution in [2.24, 2.45) is 0 Å². The highest BCUT2D eigenvalue weighted by atomic mass is 28.4. The summed E-state index contributed by atoms with van der Waals surface area (Å²) in [5.74, 6) is 0.325. The monoisotopic (exact) mass is 360 g/mol. The fourth-order valence-electron chi connectivity index (χ4n) is 3.58. The quantitative estimate of drug-likeness (QED) is 0.231. The molecule has 25 heavy (non-hydrogen) atoms. The van der Waals surface area contributed by atoms with E-state index >= 15 is 0 Å². The SMILES string of the molecule is C=C(/C=C/COC(=O)c1ccccc1)O[Si](C(C)C)(C(C)C)C(C)C. The second-order valence-electron chi connectivity index (χ2n) is 7.25. The first-order chi connectivity index (χ1) is 11.7. The van der Waals surface area contributed by atoms with Crippen molar-refractivity contribution in [3.05, 3.63) is 60.4 Å². The highest BCUT2D eigenvalue weighted by Crippen LogP contribution is 2.43. The molecule has 138 valence electrons. The van der Waals surface area contributed by atoms with Crippen molar-refractivity contribution < 1.29 is 14.0 Å². The second kappa shape index (κ2) is 9.61. The van der Waals surface area contributed by atoms with Crippen LogP contribution < -0.4 is 0 Å². The largest absolute Gasteiger partial charge is 0.543 e. The first kappa shape index (κ1) is 21.2. The molecule has 0 saturated heterocycles.